The number of hydrogen-bond donors (Lipinski definition) is 1. The third-order valence-corrected chi connectivity index (χ3v) is 3.07. The lowest BCUT2D eigenvalue weighted by Crippen LogP contribution is -2.25. The van der Waals surface area contributed by atoms with Crippen molar-refractivity contribution in [3.8, 4) is 0 Å². The van der Waals surface area contributed by atoms with Crippen molar-refractivity contribution in [3.63, 3.8) is 0 Å². The maximum atomic E-state index is 12.0. The van der Waals surface area contributed by atoms with Crippen LogP contribution < -0.4 is 5.32 Å². The molecule has 0 aliphatic rings. The van der Waals surface area contributed by atoms with Crippen LogP contribution in [0.2, 0.25) is 0 Å². The van der Waals surface area contributed by atoms with Gasteiger partial charge in [-0.3, -0.25) is 9.78 Å². The molecule has 3 rings (SSSR count). The number of fused-ring (bicyclic) bond motifs is 1. The molecule has 0 aromatic carbocycles. The highest BCUT2D eigenvalue weighted by Crippen LogP contribution is 2.04. The summed E-state index contributed by atoms with van der Waals surface area (Å²) < 4.78 is 1.83. The highest BCUT2D eigenvalue weighted by molar-refractivity contribution is 5.94. The average Bonchev–Trinajstić information content (AvgIpc) is 2.95. The van der Waals surface area contributed by atoms with Crippen molar-refractivity contribution in [2.75, 3.05) is 6.54 Å². The van der Waals surface area contributed by atoms with Gasteiger partial charge in [0.1, 0.15) is 5.65 Å². The molecule has 5 nitrogen and oxygen atoms in total. The summed E-state index contributed by atoms with van der Waals surface area (Å²) in [7, 11) is 0. The van der Waals surface area contributed by atoms with E-state index in [9.17, 15) is 4.79 Å². The van der Waals surface area contributed by atoms with E-state index in [2.05, 4.69) is 15.3 Å². The zero-order valence-electron chi connectivity index (χ0n) is 10.9. The molecule has 20 heavy (non-hydrogen) atoms. The molecule has 3 aromatic rings. The summed E-state index contributed by atoms with van der Waals surface area (Å²) in [5, 5.41) is 2.90. The lowest BCUT2D eigenvalue weighted by atomic mass is 10.2. The number of pyridine rings is 2. The van der Waals surface area contributed by atoms with Gasteiger partial charge in [-0.25, -0.2) is 4.98 Å². The lowest BCUT2D eigenvalue weighted by Gasteiger charge is -2.05. The zero-order valence-corrected chi connectivity index (χ0v) is 10.9. The van der Waals surface area contributed by atoms with Crippen LogP contribution in [-0.2, 0) is 6.42 Å². The first-order valence-corrected chi connectivity index (χ1v) is 6.43. The molecule has 0 saturated heterocycles. The van der Waals surface area contributed by atoms with Crippen LogP contribution >= 0.6 is 0 Å². The Balaban J connectivity index is 1.61. The van der Waals surface area contributed by atoms with Crippen LogP contribution in [0.15, 0.2) is 55.2 Å². The fourth-order valence-corrected chi connectivity index (χ4v) is 2.02. The topological polar surface area (TPSA) is 59.3 Å². The lowest BCUT2D eigenvalue weighted by molar-refractivity contribution is 0.0953. The maximum absolute atomic E-state index is 12.0. The zero-order chi connectivity index (χ0) is 13.8. The average molecular weight is 266 g/mol. The molecule has 0 unspecified atom stereocenters. The third kappa shape index (κ3) is 2.66. The predicted molar refractivity (Wildman–Crippen MR) is 75.5 cm³/mol. The number of rotatable bonds is 4. The Hall–Kier alpha value is -2.69. The van der Waals surface area contributed by atoms with Gasteiger partial charge in [-0.05, 0) is 30.2 Å². The van der Waals surface area contributed by atoms with Crippen molar-refractivity contribution in [3.05, 3.63) is 66.4 Å². The minimum absolute atomic E-state index is 0.0792. The summed E-state index contributed by atoms with van der Waals surface area (Å²) in [6, 6.07) is 7.50. The normalized spacial score (nSPS) is 10.6. The molecule has 0 bridgehead atoms. The van der Waals surface area contributed by atoms with Gasteiger partial charge in [0.25, 0.3) is 5.91 Å². The van der Waals surface area contributed by atoms with Crippen molar-refractivity contribution in [2.24, 2.45) is 0 Å². The number of carbonyl (C=O) groups excluding carboxylic acids is 1. The fourth-order valence-electron chi connectivity index (χ4n) is 2.02. The highest BCUT2D eigenvalue weighted by atomic mass is 16.1. The predicted octanol–water partition coefficient (Wildman–Crippen LogP) is 1.70. The van der Waals surface area contributed by atoms with Gasteiger partial charge in [0, 0.05) is 37.5 Å². The van der Waals surface area contributed by atoms with Gasteiger partial charge >= 0.3 is 0 Å². The molecule has 0 aliphatic heterocycles. The Morgan fingerprint density at radius 1 is 1.25 bits per heavy atom. The van der Waals surface area contributed by atoms with Gasteiger partial charge in [-0.15, -0.1) is 0 Å². The van der Waals surface area contributed by atoms with Crippen LogP contribution in [0.25, 0.3) is 5.65 Å². The maximum Gasteiger partial charge on any atom is 0.252 e. The van der Waals surface area contributed by atoms with Crippen molar-refractivity contribution in [2.45, 2.75) is 6.42 Å². The quantitative estimate of drug-likeness (QED) is 0.782. The summed E-state index contributed by atoms with van der Waals surface area (Å²) in [5.41, 5.74) is 2.57. The van der Waals surface area contributed by atoms with Crippen molar-refractivity contribution < 1.29 is 4.79 Å². The van der Waals surface area contributed by atoms with Crippen molar-refractivity contribution >= 4 is 11.6 Å². The minimum atomic E-state index is -0.0792. The molecule has 0 radical (unpaired) electrons. The number of imidazole rings is 1. The summed E-state index contributed by atoms with van der Waals surface area (Å²) >= 11 is 0. The van der Waals surface area contributed by atoms with Crippen LogP contribution in [0.3, 0.4) is 0 Å². The SMILES string of the molecule is O=C(NCCc1cccnc1)c1ccc2nccn2c1. The van der Waals surface area contributed by atoms with E-state index in [1.54, 1.807) is 24.7 Å². The van der Waals surface area contributed by atoms with Crippen LogP contribution in [0.4, 0.5) is 0 Å². The van der Waals surface area contributed by atoms with Crippen LogP contribution in [0, 0.1) is 0 Å². The van der Waals surface area contributed by atoms with Gasteiger partial charge in [0.2, 0.25) is 0 Å². The molecule has 1 N–H and O–H groups in total. The number of hydrogen-bond acceptors (Lipinski definition) is 3. The Morgan fingerprint density at radius 3 is 3.05 bits per heavy atom. The number of amides is 1. The van der Waals surface area contributed by atoms with Gasteiger partial charge in [0.05, 0.1) is 5.56 Å². The Morgan fingerprint density at radius 2 is 2.20 bits per heavy atom. The van der Waals surface area contributed by atoms with Gasteiger partial charge in [0.15, 0.2) is 0 Å². The first-order valence-electron chi connectivity index (χ1n) is 6.43. The fraction of sp³-hybridized carbons (Fsp3) is 0.133. The van der Waals surface area contributed by atoms with E-state index in [1.807, 2.05) is 35.0 Å². The summed E-state index contributed by atoms with van der Waals surface area (Å²) in [6.45, 7) is 0.590. The molecule has 5 heteroatoms. The molecule has 1 amide bonds. The van der Waals surface area contributed by atoms with E-state index in [0.29, 0.717) is 12.1 Å². The van der Waals surface area contributed by atoms with E-state index >= 15 is 0 Å². The van der Waals surface area contributed by atoms with Gasteiger partial charge in [-0.2, -0.15) is 0 Å². The highest BCUT2D eigenvalue weighted by Gasteiger charge is 2.06. The first kappa shape index (κ1) is 12.3. The third-order valence-electron chi connectivity index (χ3n) is 3.07. The Labute approximate surface area is 116 Å². The van der Waals surface area contributed by atoms with Crippen LogP contribution in [0.5, 0.6) is 0 Å². The second-order valence-electron chi connectivity index (χ2n) is 4.48. The molecule has 100 valence electrons. The summed E-state index contributed by atoms with van der Waals surface area (Å²) in [6.07, 6.45) is 9.63. The van der Waals surface area contributed by atoms with E-state index in [-0.39, 0.29) is 5.91 Å². The number of nitrogens with one attached hydrogen (secondary N) is 1. The Bertz CT molecular complexity index is 721. The van der Waals surface area contributed by atoms with Crippen LogP contribution in [-0.4, -0.2) is 26.8 Å². The van der Waals surface area contributed by atoms with E-state index < -0.39 is 0 Å². The Kier molecular flexibility index (Phi) is 3.41. The molecule has 0 fully saturated rings. The number of carbonyl (C=O) groups is 1. The molecule has 0 spiro atoms. The minimum Gasteiger partial charge on any atom is -0.352 e. The number of aromatic nitrogens is 3. The molecule has 3 aromatic heterocycles. The van der Waals surface area contributed by atoms with E-state index in [1.165, 1.54) is 0 Å². The molecule has 3 heterocycles. The first-order chi connectivity index (χ1) is 9.83. The second kappa shape index (κ2) is 5.52. The van der Waals surface area contributed by atoms with Crippen molar-refractivity contribution in [1.82, 2.24) is 19.7 Å². The molecule has 0 aliphatic carbocycles. The molecule has 0 atom stereocenters. The van der Waals surface area contributed by atoms with E-state index in [0.717, 1.165) is 17.6 Å². The standard InChI is InChI=1S/C15H14N4O/c20-15(18-7-5-12-2-1-6-16-10-12)13-3-4-14-17-8-9-19(14)11-13/h1-4,6,8-11H,5,7H2,(H,18,20). The number of nitrogens with zero attached hydrogens (tertiary/aromatic N) is 3. The monoisotopic (exact) mass is 266 g/mol. The summed E-state index contributed by atoms with van der Waals surface area (Å²) in [5.74, 6) is -0.0792. The smallest absolute Gasteiger partial charge is 0.252 e. The molecular weight excluding hydrogens is 252 g/mol. The second-order valence-corrected chi connectivity index (χ2v) is 4.48. The van der Waals surface area contributed by atoms with Gasteiger partial charge < -0.3 is 9.72 Å². The van der Waals surface area contributed by atoms with Crippen molar-refractivity contribution in [1.29, 1.82) is 0 Å². The van der Waals surface area contributed by atoms with Crippen LogP contribution in [0.1, 0.15) is 15.9 Å². The largest absolute Gasteiger partial charge is 0.352 e. The summed E-state index contributed by atoms with van der Waals surface area (Å²) in [4.78, 5) is 20.2. The molecule has 0 saturated carbocycles. The van der Waals surface area contributed by atoms with Gasteiger partial charge in [-0.1, -0.05) is 6.07 Å². The van der Waals surface area contributed by atoms with E-state index in [4.69, 9.17) is 0 Å². The molecular formula is C15H14N4O.